The lowest BCUT2D eigenvalue weighted by Crippen LogP contribution is -2.52. The maximum absolute atomic E-state index is 4.81. The first-order chi connectivity index (χ1) is 11.8. The molecule has 0 radical (unpaired) electrons. The van der Waals surface area contributed by atoms with Crippen LogP contribution in [0.5, 0.6) is 0 Å². The largest absolute Gasteiger partial charge is 0.360 e. The van der Waals surface area contributed by atoms with Crippen molar-refractivity contribution < 1.29 is 0 Å². The van der Waals surface area contributed by atoms with Gasteiger partial charge in [0.25, 0.3) is 0 Å². The number of guanidine groups is 1. The van der Waals surface area contributed by atoms with Crippen molar-refractivity contribution in [3.8, 4) is 0 Å². The Hall–Kier alpha value is -1.35. The van der Waals surface area contributed by atoms with Crippen LogP contribution >= 0.6 is 35.3 Å². The molecule has 7 heteroatoms. The summed E-state index contributed by atoms with van der Waals surface area (Å²) in [7, 11) is 0. The molecular weight excluding hydrogens is 445 g/mol. The summed E-state index contributed by atoms with van der Waals surface area (Å²) in [6.07, 6.45) is 1.84. The van der Waals surface area contributed by atoms with E-state index in [4.69, 9.17) is 4.99 Å². The standard InChI is InChI=1S/C18H25N5S.HI/c1-3-19-18(21-14-16-15(2)6-4-8-20-16)23-11-9-22(10-12-23)17-7-5-13-24-17;/h4-8,13H,3,9-12,14H2,1-2H3,(H,19,21);1H. The lowest BCUT2D eigenvalue weighted by atomic mass is 10.2. The highest BCUT2D eigenvalue weighted by Gasteiger charge is 2.20. The molecule has 0 aromatic carbocycles. The molecule has 0 saturated carbocycles. The topological polar surface area (TPSA) is 43.8 Å². The van der Waals surface area contributed by atoms with Crippen LogP contribution in [0.2, 0.25) is 0 Å². The van der Waals surface area contributed by atoms with Gasteiger partial charge in [0, 0.05) is 38.9 Å². The van der Waals surface area contributed by atoms with Crippen LogP contribution in [0.1, 0.15) is 18.2 Å². The van der Waals surface area contributed by atoms with Crippen LogP contribution in [-0.2, 0) is 6.54 Å². The number of halogens is 1. The van der Waals surface area contributed by atoms with Gasteiger partial charge >= 0.3 is 0 Å². The molecule has 25 heavy (non-hydrogen) atoms. The summed E-state index contributed by atoms with van der Waals surface area (Å²) < 4.78 is 0. The van der Waals surface area contributed by atoms with Gasteiger partial charge in [-0.3, -0.25) is 4.98 Å². The Kier molecular flexibility index (Phi) is 7.95. The van der Waals surface area contributed by atoms with Crippen molar-refractivity contribution in [2.24, 2.45) is 4.99 Å². The number of hydrogen-bond donors (Lipinski definition) is 1. The third-order valence-electron chi connectivity index (χ3n) is 4.23. The van der Waals surface area contributed by atoms with Gasteiger partial charge in [-0.15, -0.1) is 35.3 Å². The quantitative estimate of drug-likeness (QED) is 0.422. The first-order valence-electron chi connectivity index (χ1n) is 8.50. The SMILES string of the molecule is CCNC(=NCc1ncccc1C)N1CCN(c2cccs2)CC1.I. The number of thiophene rings is 1. The molecule has 1 saturated heterocycles. The van der Waals surface area contributed by atoms with Crippen LogP contribution in [0.15, 0.2) is 40.8 Å². The summed E-state index contributed by atoms with van der Waals surface area (Å²) in [6, 6.07) is 8.37. The fraction of sp³-hybridized carbons (Fsp3) is 0.444. The molecule has 3 rings (SSSR count). The lowest BCUT2D eigenvalue weighted by Gasteiger charge is -2.37. The molecule has 0 amide bonds. The second-order valence-electron chi connectivity index (χ2n) is 5.86. The molecule has 3 heterocycles. The first kappa shape index (κ1) is 20.0. The number of aryl methyl sites for hydroxylation is 1. The fourth-order valence-electron chi connectivity index (χ4n) is 2.85. The molecule has 0 unspecified atom stereocenters. The van der Waals surface area contributed by atoms with E-state index in [1.165, 1.54) is 10.6 Å². The van der Waals surface area contributed by atoms with Gasteiger partial charge in [-0.05, 0) is 43.0 Å². The van der Waals surface area contributed by atoms with Gasteiger partial charge in [-0.2, -0.15) is 0 Å². The average molecular weight is 471 g/mol. The minimum atomic E-state index is 0. The van der Waals surface area contributed by atoms with Crippen molar-refractivity contribution in [2.45, 2.75) is 20.4 Å². The molecule has 136 valence electrons. The van der Waals surface area contributed by atoms with Gasteiger partial charge in [0.15, 0.2) is 5.96 Å². The third kappa shape index (κ3) is 5.31. The van der Waals surface area contributed by atoms with Crippen LogP contribution in [-0.4, -0.2) is 48.6 Å². The lowest BCUT2D eigenvalue weighted by molar-refractivity contribution is 0.373. The Bertz CT molecular complexity index is 666. The van der Waals surface area contributed by atoms with Crippen molar-refractivity contribution >= 4 is 46.3 Å². The minimum Gasteiger partial charge on any atom is -0.360 e. The van der Waals surface area contributed by atoms with Gasteiger partial charge in [0.05, 0.1) is 17.2 Å². The molecule has 2 aromatic rings. The predicted molar refractivity (Wildman–Crippen MR) is 117 cm³/mol. The highest BCUT2D eigenvalue weighted by molar-refractivity contribution is 14.0. The highest BCUT2D eigenvalue weighted by Crippen LogP contribution is 2.22. The summed E-state index contributed by atoms with van der Waals surface area (Å²) >= 11 is 1.81. The molecule has 1 fully saturated rings. The van der Waals surface area contributed by atoms with Gasteiger partial charge < -0.3 is 15.1 Å². The van der Waals surface area contributed by atoms with Gasteiger partial charge in [-0.25, -0.2) is 4.99 Å². The minimum absolute atomic E-state index is 0. The van der Waals surface area contributed by atoms with E-state index in [-0.39, 0.29) is 24.0 Å². The summed E-state index contributed by atoms with van der Waals surface area (Å²) in [5, 5.41) is 6.93. The van der Waals surface area contributed by atoms with E-state index in [1.54, 1.807) is 0 Å². The zero-order chi connectivity index (χ0) is 16.8. The first-order valence-corrected chi connectivity index (χ1v) is 9.38. The van der Waals surface area contributed by atoms with Crippen molar-refractivity contribution in [1.29, 1.82) is 0 Å². The summed E-state index contributed by atoms with van der Waals surface area (Å²) in [6.45, 7) is 9.76. The van der Waals surface area contributed by atoms with Gasteiger partial charge in [0.2, 0.25) is 0 Å². The fourth-order valence-corrected chi connectivity index (χ4v) is 3.63. The summed E-state index contributed by atoms with van der Waals surface area (Å²) in [5.74, 6) is 0.994. The molecule has 5 nitrogen and oxygen atoms in total. The average Bonchev–Trinajstić information content (AvgIpc) is 3.15. The molecular formula is C18H26IN5S. The number of aliphatic imine (C=N–C) groups is 1. The van der Waals surface area contributed by atoms with Crippen molar-refractivity contribution in [3.05, 3.63) is 47.1 Å². The number of pyridine rings is 1. The highest BCUT2D eigenvalue weighted by atomic mass is 127. The van der Waals surface area contributed by atoms with E-state index in [0.29, 0.717) is 6.54 Å². The van der Waals surface area contributed by atoms with Crippen LogP contribution < -0.4 is 10.2 Å². The zero-order valence-corrected chi connectivity index (χ0v) is 18.0. The summed E-state index contributed by atoms with van der Waals surface area (Å²) in [5.41, 5.74) is 2.24. The smallest absolute Gasteiger partial charge is 0.194 e. The number of anilines is 1. The number of aromatic nitrogens is 1. The number of rotatable bonds is 4. The molecule has 1 aliphatic rings. The maximum Gasteiger partial charge on any atom is 0.194 e. The predicted octanol–water partition coefficient (Wildman–Crippen LogP) is 3.36. The van der Waals surface area contributed by atoms with Crippen molar-refractivity contribution in [3.63, 3.8) is 0 Å². The Morgan fingerprint density at radius 3 is 2.68 bits per heavy atom. The third-order valence-corrected chi connectivity index (χ3v) is 5.16. The number of piperazine rings is 1. The molecule has 0 spiro atoms. The van der Waals surface area contributed by atoms with Crippen molar-refractivity contribution in [1.82, 2.24) is 15.2 Å². The van der Waals surface area contributed by atoms with E-state index in [2.05, 4.69) is 57.5 Å². The van der Waals surface area contributed by atoms with Crippen LogP contribution in [0, 0.1) is 6.92 Å². The normalized spacial score (nSPS) is 15.0. The van der Waals surface area contributed by atoms with E-state index >= 15 is 0 Å². The zero-order valence-electron chi connectivity index (χ0n) is 14.8. The number of nitrogens with zero attached hydrogens (tertiary/aromatic N) is 4. The van der Waals surface area contributed by atoms with Crippen LogP contribution in [0.3, 0.4) is 0 Å². The second-order valence-corrected chi connectivity index (χ2v) is 6.79. The Labute approximate surface area is 171 Å². The monoisotopic (exact) mass is 471 g/mol. The number of nitrogens with one attached hydrogen (secondary N) is 1. The van der Waals surface area contributed by atoms with E-state index in [0.717, 1.165) is 44.4 Å². The molecule has 1 aliphatic heterocycles. The van der Waals surface area contributed by atoms with Gasteiger partial charge in [0.1, 0.15) is 0 Å². The Balaban J connectivity index is 0.00000225. The van der Waals surface area contributed by atoms with E-state index < -0.39 is 0 Å². The number of hydrogen-bond acceptors (Lipinski definition) is 4. The van der Waals surface area contributed by atoms with E-state index in [9.17, 15) is 0 Å². The van der Waals surface area contributed by atoms with Crippen LogP contribution in [0.25, 0.3) is 0 Å². The van der Waals surface area contributed by atoms with Crippen LogP contribution in [0.4, 0.5) is 5.00 Å². The van der Waals surface area contributed by atoms with E-state index in [1.807, 2.05) is 23.6 Å². The second kappa shape index (κ2) is 9.96. The van der Waals surface area contributed by atoms with Crippen molar-refractivity contribution in [2.75, 3.05) is 37.6 Å². The molecule has 0 aliphatic carbocycles. The maximum atomic E-state index is 4.81. The molecule has 1 N–H and O–H groups in total. The summed E-state index contributed by atoms with van der Waals surface area (Å²) in [4.78, 5) is 14.1. The molecule has 0 bridgehead atoms. The Morgan fingerprint density at radius 1 is 1.24 bits per heavy atom. The molecule has 0 atom stereocenters. The van der Waals surface area contributed by atoms with Gasteiger partial charge in [-0.1, -0.05) is 6.07 Å². The molecule has 2 aromatic heterocycles. The Morgan fingerprint density at radius 2 is 2.04 bits per heavy atom.